The van der Waals surface area contributed by atoms with Crippen LogP contribution < -0.4 is 15.6 Å². The SMILES string of the molecule is CCOc1ccc(-c2c(C)sc3ncn(CC(=O)Nc4ccccc4Cl)c(=O)c23)cc1. The van der Waals surface area contributed by atoms with Gasteiger partial charge in [0.2, 0.25) is 5.91 Å². The Labute approximate surface area is 188 Å². The Morgan fingerprint density at radius 1 is 1.19 bits per heavy atom. The van der Waals surface area contributed by atoms with Gasteiger partial charge in [-0.15, -0.1) is 11.3 Å². The van der Waals surface area contributed by atoms with Gasteiger partial charge in [-0.3, -0.25) is 14.2 Å². The average Bonchev–Trinajstić information content (AvgIpc) is 3.09. The average molecular weight is 454 g/mol. The van der Waals surface area contributed by atoms with Crippen molar-refractivity contribution in [2.75, 3.05) is 11.9 Å². The van der Waals surface area contributed by atoms with Gasteiger partial charge in [0, 0.05) is 10.4 Å². The van der Waals surface area contributed by atoms with Crippen molar-refractivity contribution in [3.05, 3.63) is 75.1 Å². The van der Waals surface area contributed by atoms with Crippen LogP contribution in [0.15, 0.2) is 59.7 Å². The molecule has 0 atom stereocenters. The number of nitrogens with zero attached hydrogens (tertiary/aromatic N) is 2. The van der Waals surface area contributed by atoms with E-state index in [0.717, 1.165) is 21.8 Å². The number of amides is 1. The van der Waals surface area contributed by atoms with Crippen LogP contribution in [0.2, 0.25) is 5.02 Å². The number of carbonyl (C=O) groups excluding carboxylic acids is 1. The fraction of sp³-hybridized carbons (Fsp3) is 0.174. The van der Waals surface area contributed by atoms with Crippen molar-refractivity contribution in [3.8, 4) is 16.9 Å². The molecule has 0 saturated carbocycles. The van der Waals surface area contributed by atoms with E-state index in [1.165, 1.54) is 22.2 Å². The molecule has 2 aromatic carbocycles. The summed E-state index contributed by atoms with van der Waals surface area (Å²) in [6.45, 7) is 4.32. The summed E-state index contributed by atoms with van der Waals surface area (Å²) in [6.07, 6.45) is 1.41. The van der Waals surface area contributed by atoms with E-state index < -0.39 is 0 Å². The van der Waals surface area contributed by atoms with Crippen molar-refractivity contribution in [3.63, 3.8) is 0 Å². The van der Waals surface area contributed by atoms with Crippen molar-refractivity contribution < 1.29 is 9.53 Å². The number of ether oxygens (including phenoxy) is 1. The molecule has 6 nitrogen and oxygen atoms in total. The number of fused-ring (bicyclic) bond motifs is 1. The zero-order valence-corrected chi connectivity index (χ0v) is 18.6. The lowest BCUT2D eigenvalue weighted by atomic mass is 10.0. The van der Waals surface area contributed by atoms with Gasteiger partial charge in [-0.25, -0.2) is 4.98 Å². The molecule has 0 saturated heterocycles. The fourth-order valence-electron chi connectivity index (χ4n) is 3.39. The van der Waals surface area contributed by atoms with E-state index in [4.69, 9.17) is 16.3 Å². The van der Waals surface area contributed by atoms with Gasteiger partial charge >= 0.3 is 0 Å². The first-order valence-electron chi connectivity index (χ1n) is 9.74. The number of thiophene rings is 1. The molecule has 8 heteroatoms. The van der Waals surface area contributed by atoms with Crippen LogP contribution in [0.1, 0.15) is 11.8 Å². The lowest BCUT2D eigenvalue weighted by molar-refractivity contribution is -0.116. The predicted molar refractivity (Wildman–Crippen MR) is 125 cm³/mol. The minimum Gasteiger partial charge on any atom is -0.494 e. The maximum atomic E-state index is 13.3. The standard InChI is InChI=1S/C23H20ClN3O3S/c1-3-30-16-10-8-15(9-11-16)20-14(2)31-22-21(20)23(29)27(13-25-22)12-19(28)26-18-7-5-4-6-17(18)24/h4-11,13H,3,12H2,1-2H3,(H,26,28). The van der Waals surface area contributed by atoms with Gasteiger partial charge in [0.1, 0.15) is 17.1 Å². The number of aromatic nitrogens is 2. The van der Waals surface area contributed by atoms with E-state index in [1.807, 2.05) is 38.1 Å². The number of carbonyl (C=O) groups is 1. The lowest BCUT2D eigenvalue weighted by Gasteiger charge is -2.09. The molecule has 1 amide bonds. The van der Waals surface area contributed by atoms with Gasteiger partial charge in [0.05, 0.1) is 29.0 Å². The van der Waals surface area contributed by atoms with Gasteiger partial charge in [-0.2, -0.15) is 0 Å². The number of aryl methyl sites for hydroxylation is 1. The zero-order valence-electron chi connectivity index (χ0n) is 17.0. The number of hydrogen-bond acceptors (Lipinski definition) is 5. The molecular formula is C23H20ClN3O3S. The highest BCUT2D eigenvalue weighted by Gasteiger charge is 2.18. The van der Waals surface area contributed by atoms with E-state index in [-0.39, 0.29) is 18.0 Å². The first-order valence-corrected chi connectivity index (χ1v) is 10.9. The van der Waals surface area contributed by atoms with Gasteiger partial charge in [-0.1, -0.05) is 35.9 Å². The summed E-state index contributed by atoms with van der Waals surface area (Å²) in [5, 5.41) is 3.68. The molecule has 4 aromatic rings. The van der Waals surface area contributed by atoms with Gasteiger partial charge in [0.25, 0.3) is 5.56 Å². The highest BCUT2D eigenvalue weighted by Crippen LogP contribution is 2.36. The number of nitrogens with one attached hydrogen (secondary N) is 1. The Bertz CT molecular complexity index is 1310. The molecule has 2 heterocycles. The highest BCUT2D eigenvalue weighted by atomic mass is 35.5. The minimum atomic E-state index is -0.356. The molecule has 0 fully saturated rings. The molecule has 0 aliphatic heterocycles. The Hall–Kier alpha value is -3.16. The zero-order chi connectivity index (χ0) is 22.0. The first-order chi connectivity index (χ1) is 15.0. The summed E-state index contributed by atoms with van der Waals surface area (Å²) < 4.78 is 6.83. The predicted octanol–water partition coefficient (Wildman–Crippen LogP) is 5.12. The van der Waals surface area contributed by atoms with Crippen LogP contribution in [0.3, 0.4) is 0 Å². The minimum absolute atomic E-state index is 0.162. The third-order valence-corrected chi connectivity index (χ3v) is 6.11. The second-order valence-corrected chi connectivity index (χ2v) is 8.49. The molecule has 1 N–H and O–H groups in total. The molecule has 0 bridgehead atoms. The number of hydrogen-bond donors (Lipinski definition) is 1. The van der Waals surface area contributed by atoms with E-state index in [1.54, 1.807) is 24.3 Å². The van der Waals surface area contributed by atoms with Crippen LogP contribution in [-0.4, -0.2) is 22.1 Å². The maximum absolute atomic E-state index is 13.3. The summed E-state index contributed by atoms with van der Waals surface area (Å²) in [7, 11) is 0. The third kappa shape index (κ3) is 4.33. The van der Waals surface area contributed by atoms with Gasteiger partial charge < -0.3 is 10.1 Å². The van der Waals surface area contributed by atoms with Crippen molar-refractivity contribution in [2.45, 2.75) is 20.4 Å². The van der Waals surface area contributed by atoms with Gasteiger partial charge in [0.15, 0.2) is 0 Å². The van der Waals surface area contributed by atoms with Crippen LogP contribution in [0.5, 0.6) is 5.75 Å². The van der Waals surface area contributed by atoms with Crippen molar-refractivity contribution >= 4 is 44.7 Å². The molecule has 0 unspecified atom stereocenters. The molecule has 0 radical (unpaired) electrons. The number of para-hydroxylation sites is 1. The summed E-state index contributed by atoms with van der Waals surface area (Å²) >= 11 is 7.56. The second-order valence-electron chi connectivity index (χ2n) is 6.88. The maximum Gasteiger partial charge on any atom is 0.263 e. The van der Waals surface area contributed by atoms with E-state index >= 15 is 0 Å². The molecule has 0 spiro atoms. The fourth-order valence-corrected chi connectivity index (χ4v) is 4.58. The molecule has 2 aromatic heterocycles. The lowest BCUT2D eigenvalue weighted by Crippen LogP contribution is -2.27. The third-order valence-electron chi connectivity index (χ3n) is 4.77. The summed E-state index contributed by atoms with van der Waals surface area (Å²) in [5.41, 5.74) is 1.98. The summed E-state index contributed by atoms with van der Waals surface area (Å²) in [4.78, 5) is 31.8. The molecule has 158 valence electrons. The molecule has 31 heavy (non-hydrogen) atoms. The topological polar surface area (TPSA) is 73.2 Å². The van der Waals surface area contributed by atoms with Crippen LogP contribution in [0, 0.1) is 6.92 Å². The summed E-state index contributed by atoms with van der Waals surface area (Å²) in [6, 6.07) is 14.6. The van der Waals surface area contributed by atoms with Gasteiger partial charge in [-0.05, 0) is 43.7 Å². The van der Waals surface area contributed by atoms with E-state index in [0.29, 0.717) is 27.5 Å². The number of anilines is 1. The number of rotatable bonds is 6. The van der Waals surface area contributed by atoms with Crippen LogP contribution in [-0.2, 0) is 11.3 Å². The quantitative estimate of drug-likeness (QED) is 0.439. The van der Waals surface area contributed by atoms with Crippen LogP contribution >= 0.6 is 22.9 Å². The molecule has 0 aliphatic carbocycles. The Balaban J connectivity index is 1.68. The molecular weight excluding hydrogens is 434 g/mol. The first kappa shape index (κ1) is 21.1. The Kier molecular flexibility index (Phi) is 6.06. The number of halogens is 1. The van der Waals surface area contributed by atoms with Crippen molar-refractivity contribution in [2.24, 2.45) is 0 Å². The molecule has 0 aliphatic rings. The largest absolute Gasteiger partial charge is 0.494 e. The second kappa shape index (κ2) is 8.91. The normalized spacial score (nSPS) is 10.9. The van der Waals surface area contributed by atoms with E-state index in [2.05, 4.69) is 10.3 Å². The Morgan fingerprint density at radius 2 is 1.94 bits per heavy atom. The van der Waals surface area contributed by atoms with Crippen LogP contribution in [0.25, 0.3) is 21.3 Å². The van der Waals surface area contributed by atoms with E-state index in [9.17, 15) is 9.59 Å². The highest BCUT2D eigenvalue weighted by molar-refractivity contribution is 7.19. The van der Waals surface area contributed by atoms with Crippen molar-refractivity contribution in [1.82, 2.24) is 9.55 Å². The van der Waals surface area contributed by atoms with Crippen molar-refractivity contribution in [1.29, 1.82) is 0 Å². The van der Waals surface area contributed by atoms with Crippen LogP contribution in [0.4, 0.5) is 5.69 Å². The number of benzene rings is 2. The monoisotopic (exact) mass is 453 g/mol. The Morgan fingerprint density at radius 3 is 2.65 bits per heavy atom. The molecule has 4 rings (SSSR count). The summed E-state index contributed by atoms with van der Waals surface area (Å²) in [5.74, 6) is 0.418. The smallest absolute Gasteiger partial charge is 0.263 e.